The van der Waals surface area contributed by atoms with Gasteiger partial charge in [0.05, 0.1) is 0 Å². The first-order valence-electron chi connectivity index (χ1n) is 9.37. The molecule has 1 aromatic rings. The van der Waals surface area contributed by atoms with E-state index >= 15 is 0 Å². The van der Waals surface area contributed by atoms with Crippen molar-refractivity contribution in [3.05, 3.63) is 35.9 Å². The largest absolute Gasteiger partial charge is 0.352 e. The number of rotatable bonds is 4. The maximum Gasteiger partial charge on any atom is 0.243 e. The monoisotopic (exact) mass is 360 g/mol. The minimum Gasteiger partial charge on any atom is -0.352 e. The Morgan fingerprint density at radius 1 is 1.12 bits per heavy atom. The lowest BCUT2D eigenvalue weighted by molar-refractivity contribution is -0.142. The number of hydrogen-bond acceptors (Lipinski definition) is 3. The minimum atomic E-state index is -0.368. The lowest BCUT2D eigenvalue weighted by Gasteiger charge is -2.32. The van der Waals surface area contributed by atoms with E-state index in [0.29, 0.717) is 5.75 Å². The quantitative estimate of drug-likeness (QED) is 0.890. The molecular weight excluding hydrogens is 332 g/mol. The van der Waals surface area contributed by atoms with Gasteiger partial charge in [0.15, 0.2) is 0 Å². The third-order valence-electron chi connectivity index (χ3n) is 5.09. The summed E-state index contributed by atoms with van der Waals surface area (Å²) in [6.45, 7) is 3.81. The number of nitrogens with one attached hydrogen (secondary N) is 1. The summed E-state index contributed by atoms with van der Waals surface area (Å²) in [4.78, 5) is 27.6. The molecule has 0 spiro atoms. The highest BCUT2D eigenvalue weighted by molar-refractivity contribution is 7.99. The van der Waals surface area contributed by atoms with Gasteiger partial charge in [-0.05, 0) is 18.4 Å². The summed E-state index contributed by atoms with van der Waals surface area (Å²) < 4.78 is 0. The predicted molar refractivity (Wildman–Crippen MR) is 102 cm³/mol. The van der Waals surface area contributed by atoms with Crippen LogP contribution in [0.2, 0.25) is 0 Å². The van der Waals surface area contributed by atoms with Crippen molar-refractivity contribution in [1.82, 2.24) is 10.2 Å². The Morgan fingerprint density at radius 3 is 2.44 bits per heavy atom. The maximum atomic E-state index is 12.9. The van der Waals surface area contributed by atoms with Crippen molar-refractivity contribution in [3.8, 4) is 0 Å². The Morgan fingerprint density at radius 2 is 1.80 bits per heavy atom. The van der Waals surface area contributed by atoms with Gasteiger partial charge in [0.2, 0.25) is 11.8 Å². The third kappa shape index (κ3) is 4.20. The molecule has 0 unspecified atom stereocenters. The van der Waals surface area contributed by atoms with Crippen molar-refractivity contribution < 1.29 is 9.59 Å². The van der Waals surface area contributed by atoms with Gasteiger partial charge in [0, 0.05) is 17.7 Å². The van der Waals surface area contributed by atoms with Crippen molar-refractivity contribution >= 4 is 23.6 Å². The summed E-state index contributed by atoms with van der Waals surface area (Å²) >= 11 is 1.69. The Balaban J connectivity index is 1.77. The number of carbonyl (C=O) groups is 2. The molecule has 136 valence electrons. The molecule has 2 atom stereocenters. The van der Waals surface area contributed by atoms with Crippen LogP contribution in [0.4, 0.5) is 0 Å². The highest BCUT2D eigenvalue weighted by Gasteiger charge is 2.43. The zero-order chi connectivity index (χ0) is 17.8. The second kappa shape index (κ2) is 8.26. The van der Waals surface area contributed by atoms with Crippen LogP contribution in [-0.2, 0) is 9.59 Å². The highest BCUT2D eigenvalue weighted by atomic mass is 32.2. The average molecular weight is 361 g/mol. The summed E-state index contributed by atoms with van der Waals surface area (Å²) in [5, 5.41) is 3.14. The van der Waals surface area contributed by atoms with E-state index in [2.05, 4.69) is 5.32 Å². The summed E-state index contributed by atoms with van der Waals surface area (Å²) in [7, 11) is 0. The van der Waals surface area contributed by atoms with Crippen LogP contribution in [0.25, 0.3) is 0 Å². The number of nitrogens with zero attached hydrogens (tertiary/aromatic N) is 1. The van der Waals surface area contributed by atoms with E-state index in [1.807, 2.05) is 49.1 Å². The Labute approximate surface area is 154 Å². The van der Waals surface area contributed by atoms with E-state index in [0.717, 1.165) is 18.4 Å². The number of benzene rings is 1. The smallest absolute Gasteiger partial charge is 0.243 e. The number of hydrogen-bond donors (Lipinski definition) is 1. The summed E-state index contributed by atoms with van der Waals surface area (Å²) in [5.41, 5.74) is 1.09. The summed E-state index contributed by atoms with van der Waals surface area (Å²) in [5.74, 6) is 0.626. The number of amides is 2. The van der Waals surface area contributed by atoms with Gasteiger partial charge >= 0.3 is 0 Å². The molecule has 1 N–H and O–H groups in total. The summed E-state index contributed by atoms with van der Waals surface area (Å²) in [6, 6.07) is 9.95. The van der Waals surface area contributed by atoms with Gasteiger partial charge in [-0.15, -0.1) is 11.8 Å². The fourth-order valence-corrected chi connectivity index (χ4v) is 5.13. The molecule has 3 rings (SSSR count). The molecule has 1 aromatic carbocycles. The van der Waals surface area contributed by atoms with Crippen LogP contribution in [0.15, 0.2) is 30.3 Å². The molecule has 1 aliphatic carbocycles. The van der Waals surface area contributed by atoms with Crippen LogP contribution in [-0.4, -0.2) is 34.6 Å². The van der Waals surface area contributed by atoms with Gasteiger partial charge < -0.3 is 10.2 Å². The van der Waals surface area contributed by atoms with E-state index in [-0.39, 0.29) is 35.2 Å². The average Bonchev–Trinajstić information content (AvgIpc) is 3.07. The van der Waals surface area contributed by atoms with Crippen LogP contribution in [0.3, 0.4) is 0 Å². The summed E-state index contributed by atoms with van der Waals surface area (Å²) in [6.07, 6.45) is 5.76. The van der Waals surface area contributed by atoms with Crippen molar-refractivity contribution in [2.45, 2.75) is 63.4 Å². The molecule has 0 aromatic heterocycles. The van der Waals surface area contributed by atoms with Crippen molar-refractivity contribution in [1.29, 1.82) is 0 Å². The SMILES string of the molecule is CC(C)C(=O)N1[C@@H](C(=O)NC2CCCCC2)CS[C@H]1c1ccccc1. The van der Waals surface area contributed by atoms with Crippen LogP contribution in [0.5, 0.6) is 0 Å². The molecule has 2 amide bonds. The fraction of sp³-hybridized carbons (Fsp3) is 0.600. The molecular formula is C20H28N2O2S. The van der Waals surface area contributed by atoms with Gasteiger partial charge in [-0.2, -0.15) is 0 Å². The molecule has 2 aliphatic rings. The first-order valence-corrected chi connectivity index (χ1v) is 10.4. The van der Waals surface area contributed by atoms with Gasteiger partial charge in [0.1, 0.15) is 11.4 Å². The van der Waals surface area contributed by atoms with E-state index in [1.54, 1.807) is 11.8 Å². The van der Waals surface area contributed by atoms with E-state index in [1.165, 1.54) is 19.3 Å². The zero-order valence-corrected chi connectivity index (χ0v) is 15.9. The molecule has 4 nitrogen and oxygen atoms in total. The van der Waals surface area contributed by atoms with Crippen molar-refractivity contribution in [3.63, 3.8) is 0 Å². The normalized spacial score (nSPS) is 24.5. The van der Waals surface area contributed by atoms with E-state index < -0.39 is 0 Å². The van der Waals surface area contributed by atoms with Crippen molar-refractivity contribution in [2.75, 3.05) is 5.75 Å². The molecule has 0 radical (unpaired) electrons. The second-order valence-corrected chi connectivity index (χ2v) is 8.47. The number of thioether (sulfide) groups is 1. The molecule has 2 fully saturated rings. The number of carbonyl (C=O) groups excluding carboxylic acids is 2. The first kappa shape index (κ1) is 18.3. The fourth-order valence-electron chi connectivity index (χ4n) is 3.69. The molecule has 1 saturated heterocycles. The molecule has 1 aliphatic heterocycles. The van der Waals surface area contributed by atoms with Crippen molar-refractivity contribution in [2.24, 2.45) is 5.92 Å². The minimum absolute atomic E-state index is 0.0202. The first-order chi connectivity index (χ1) is 12.1. The van der Waals surface area contributed by atoms with E-state index in [4.69, 9.17) is 0 Å². The lowest BCUT2D eigenvalue weighted by atomic mass is 9.95. The van der Waals surface area contributed by atoms with Gasteiger partial charge in [-0.25, -0.2) is 0 Å². The Hall–Kier alpha value is -1.49. The maximum absolute atomic E-state index is 12.9. The zero-order valence-electron chi connectivity index (χ0n) is 15.1. The Bertz CT molecular complexity index is 599. The Kier molecular flexibility index (Phi) is 6.05. The van der Waals surface area contributed by atoms with Crippen LogP contribution in [0, 0.1) is 5.92 Å². The van der Waals surface area contributed by atoms with Crippen LogP contribution >= 0.6 is 11.8 Å². The molecule has 1 saturated carbocycles. The molecule has 5 heteroatoms. The molecule has 0 bridgehead atoms. The third-order valence-corrected chi connectivity index (χ3v) is 6.41. The highest BCUT2D eigenvalue weighted by Crippen LogP contribution is 2.42. The van der Waals surface area contributed by atoms with Gasteiger partial charge in [-0.1, -0.05) is 63.4 Å². The molecule has 1 heterocycles. The van der Waals surface area contributed by atoms with Gasteiger partial charge in [-0.3, -0.25) is 9.59 Å². The van der Waals surface area contributed by atoms with Crippen LogP contribution in [0.1, 0.15) is 56.9 Å². The molecule has 25 heavy (non-hydrogen) atoms. The van der Waals surface area contributed by atoms with Crippen LogP contribution < -0.4 is 5.32 Å². The predicted octanol–water partition coefficient (Wildman–Crippen LogP) is 3.73. The standard InChI is InChI=1S/C20H28N2O2S/c1-14(2)19(24)22-17(18(23)21-16-11-7-4-8-12-16)13-25-20(22)15-9-5-3-6-10-15/h3,5-6,9-10,14,16-17,20H,4,7-8,11-13H2,1-2H3,(H,21,23)/t17-,20+/m1/s1. The topological polar surface area (TPSA) is 49.4 Å². The van der Waals surface area contributed by atoms with E-state index in [9.17, 15) is 9.59 Å². The van der Waals surface area contributed by atoms with Gasteiger partial charge in [0.25, 0.3) is 0 Å². The second-order valence-electron chi connectivity index (χ2n) is 7.36. The lowest BCUT2D eigenvalue weighted by Crippen LogP contribution is -2.51.